The van der Waals surface area contributed by atoms with Crippen LogP contribution in [-0.2, 0) is 0 Å². The molecule has 1 rings (SSSR count). The van der Waals surface area contributed by atoms with Crippen LogP contribution in [0.5, 0.6) is 5.88 Å². The number of pyridine rings is 1. The van der Waals surface area contributed by atoms with Crippen LogP contribution in [0.4, 0.5) is 11.5 Å². The number of aromatic nitrogens is 1. The third kappa shape index (κ3) is 2.76. The Morgan fingerprint density at radius 1 is 1.50 bits per heavy atom. The number of nitrogens with two attached hydrogens (primary N) is 1. The molecule has 0 aliphatic heterocycles. The number of methoxy groups -OCH3 is 1. The maximum atomic E-state index is 9.60. The number of anilines is 2. The molecule has 1 aromatic rings. The molecule has 0 spiro atoms. The molecule has 0 bridgehead atoms. The summed E-state index contributed by atoms with van der Waals surface area (Å²) >= 11 is 0. The minimum atomic E-state index is -0.528. The minimum Gasteiger partial charge on any atom is -0.481 e. The summed E-state index contributed by atoms with van der Waals surface area (Å²) in [5.74, 6) is 1.00. The molecular formula is C11H19N3O2. The van der Waals surface area contributed by atoms with Gasteiger partial charge in [-0.2, -0.15) is 4.98 Å². The SMILES string of the molecule is COc1ccc(N)c(NC(C)(C)C(C)O)n1. The van der Waals surface area contributed by atoms with E-state index in [4.69, 9.17) is 10.5 Å². The highest BCUT2D eigenvalue weighted by atomic mass is 16.5. The van der Waals surface area contributed by atoms with Crippen LogP contribution in [0, 0.1) is 0 Å². The molecule has 1 heterocycles. The second-order valence-corrected chi connectivity index (χ2v) is 4.31. The van der Waals surface area contributed by atoms with Gasteiger partial charge in [0.2, 0.25) is 5.88 Å². The van der Waals surface area contributed by atoms with E-state index < -0.39 is 11.6 Å². The zero-order valence-corrected chi connectivity index (χ0v) is 10.1. The lowest BCUT2D eigenvalue weighted by Crippen LogP contribution is -2.42. The number of hydrogen-bond acceptors (Lipinski definition) is 5. The van der Waals surface area contributed by atoms with Gasteiger partial charge in [0, 0.05) is 6.07 Å². The van der Waals surface area contributed by atoms with Gasteiger partial charge in [0.1, 0.15) is 0 Å². The van der Waals surface area contributed by atoms with E-state index in [-0.39, 0.29) is 0 Å². The summed E-state index contributed by atoms with van der Waals surface area (Å²) in [6.07, 6.45) is -0.528. The second-order valence-electron chi connectivity index (χ2n) is 4.31. The smallest absolute Gasteiger partial charge is 0.215 e. The molecule has 0 aliphatic carbocycles. The first-order valence-corrected chi connectivity index (χ1v) is 5.13. The predicted octanol–water partition coefficient (Wildman–Crippen LogP) is 1.24. The number of rotatable bonds is 4. The van der Waals surface area contributed by atoms with Crippen molar-refractivity contribution < 1.29 is 9.84 Å². The van der Waals surface area contributed by atoms with Crippen molar-refractivity contribution in [1.29, 1.82) is 0 Å². The Morgan fingerprint density at radius 3 is 2.62 bits per heavy atom. The fourth-order valence-electron chi connectivity index (χ4n) is 1.08. The van der Waals surface area contributed by atoms with Gasteiger partial charge in [-0.15, -0.1) is 0 Å². The van der Waals surface area contributed by atoms with Crippen LogP contribution in [0.1, 0.15) is 20.8 Å². The van der Waals surface area contributed by atoms with Crippen molar-refractivity contribution >= 4 is 11.5 Å². The molecule has 90 valence electrons. The number of nitrogens with one attached hydrogen (secondary N) is 1. The number of hydrogen-bond donors (Lipinski definition) is 3. The molecule has 0 aromatic carbocycles. The Labute approximate surface area is 95.6 Å². The largest absolute Gasteiger partial charge is 0.481 e. The minimum absolute atomic E-state index is 0.484. The van der Waals surface area contributed by atoms with E-state index in [9.17, 15) is 5.11 Å². The number of nitrogens with zero attached hydrogens (tertiary/aromatic N) is 1. The highest BCUT2D eigenvalue weighted by molar-refractivity contribution is 5.63. The monoisotopic (exact) mass is 225 g/mol. The van der Waals surface area contributed by atoms with E-state index in [1.807, 2.05) is 13.8 Å². The summed E-state index contributed by atoms with van der Waals surface area (Å²) in [7, 11) is 1.54. The predicted molar refractivity (Wildman–Crippen MR) is 64.6 cm³/mol. The average Bonchev–Trinajstić information content (AvgIpc) is 2.21. The average molecular weight is 225 g/mol. The normalized spacial score (nSPS) is 13.3. The standard InChI is InChI=1S/C11H19N3O2/c1-7(15)11(2,3)14-10-8(12)5-6-9(13-10)16-4/h5-7,15H,12H2,1-4H3,(H,13,14). The van der Waals surface area contributed by atoms with Crippen molar-refractivity contribution in [3.8, 4) is 5.88 Å². The highest BCUT2D eigenvalue weighted by Gasteiger charge is 2.25. The fraction of sp³-hybridized carbons (Fsp3) is 0.545. The molecular weight excluding hydrogens is 206 g/mol. The molecule has 0 radical (unpaired) electrons. The molecule has 1 aromatic heterocycles. The molecule has 0 amide bonds. The van der Waals surface area contributed by atoms with Gasteiger partial charge in [-0.1, -0.05) is 0 Å². The van der Waals surface area contributed by atoms with Gasteiger partial charge in [0.25, 0.3) is 0 Å². The zero-order chi connectivity index (χ0) is 12.3. The summed E-state index contributed by atoms with van der Waals surface area (Å²) in [4.78, 5) is 4.19. The van der Waals surface area contributed by atoms with E-state index >= 15 is 0 Å². The van der Waals surface area contributed by atoms with E-state index in [1.165, 1.54) is 0 Å². The third-order valence-corrected chi connectivity index (χ3v) is 2.60. The van der Waals surface area contributed by atoms with Crippen LogP contribution in [0.2, 0.25) is 0 Å². The fourth-order valence-corrected chi connectivity index (χ4v) is 1.08. The Hall–Kier alpha value is -1.49. The molecule has 16 heavy (non-hydrogen) atoms. The summed E-state index contributed by atoms with van der Waals surface area (Å²) in [6, 6.07) is 3.40. The lowest BCUT2D eigenvalue weighted by Gasteiger charge is -2.30. The van der Waals surface area contributed by atoms with Gasteiger partial charge in [0.15, 0.2) is 5.82 Å². The maximum Gasteiger partial charge on any atom is 0.215 e. The summed E-state index contributed by atoms with van der Waals surface area (Å²) in [6.45, 7) is 5.46. The van der Waals surface area contributed by atoms with Crippen LogP contribution < -0.4 is 15.8 Å². The first-order valence-electron chi connectivity index (χ1n) is 5.13. The highest BCUT2D eigenvalue weighted by Crippen LogP contribution is 2.24. The molecule has 1 unspecified atom stereocenters. The topological polar surface area (TPSA) is 80.4 Å². The van der Waals surface area contributed by atoms with Crippen LogP contribution in [0.15, 0.2) is 12.1 Å². The van der Waals surface area contributed by atoms with Crippen molar-refractivity contribution in [2.75, 3.05) is 18.2 Å². The zero-order valence-electron chi connectivity index (χ0n) is 10.1. The first-order chi connectivity index (χ1) is 7.36. The summed E-state index contributed by atoms with van der Waals surface area (Å²) in [5, 5.41) is 12.7. The Kier molecular flexibility index (Phi) is 3.59. The molecule has 0 saturated heterocycles. The van der Waals surface area contributed by atoms with Gasteiger partial charge in [-0.3, -0.25) is 0 Å². The molecule has 5 nitrogen and oxygen atoms in total. The van der Waals surface area contributed by atoms with Crippen LogP contribution in [0.25, 0.3) is 0 Å². The van der Waals surface area contributed by atoms with Gasteiger partial charge >= 0.3 is 0 Å². The summed E-state index contributed by atoms with van der Waals surface area (Å²) < 4.78 is 5.02. The lowest BCUT2D eigenvalue weighted by atomic mass is 9.99. The van der Waals surface area contributed by atoms with Crippen LogP contribution in [0.3, 0.4) is 0 Å². The lowest BCUT2D eigenvalue weighted by molar-refractivity contribution is 0.133. The van der Waals surface area contributed by atoms with E-state index in [2.05, 4.69) is 10.3 Å². The first kappa shape index (κ1) is 12.6. The van der Waals surface area contributed by atoms with Gasteiger partial charge in [-0.05, 0) is 26.8 Å². The molecule has 5 heteroatoms. The molecule has 4 N–H and O–H groups in total. The van der Waals surface area contributed by atoms with Gasteiger partial charge < -0.3 is 20.9 Å². The number of aliphatic hydroxyl groups is 1. The molecule has 0 aliphatic rings. The molecule has 0 fully saturated rings. The third-order valence-electron chi connectivity index (χ3n) is 2.60. The quantitative estimate of drug-likeness (QED) is 0.718. The second kappa shape index (κ2) is 4.57. The Balaban J connectivity index is 2.96. The van der Waals surface area contributed by atoms with Crippen molar-refractivity contribution in [3.05, 3.63) is 12.1 Å². The maximum absolute atomic E-state index is 9.60. The number of ether oxygens (including phenoxy) is 1. The molecule has 1 atom stereocenters. The number of aliphatic hydroxyl groups excluding tert-OH is 1. The van der Waals surface area contributed by atoms with E-state index in [1.54, 1.807) is 26.2 Å². The van der Waals surface area contributed by atoms with E-state index in [0.29, 0.717) is 17.4 Å². The van der Waals surface area contributed by atoms with Crippen molar-refractivity contribution in [3.63, 3.8) is 0 Å². The van der Waals surface area contributed by atoms with Crippen molar-refractivity contribution in [2.24, 2.45) is 0 Å². The van der Waals surface area contributed by atoms with Crippen LogP contribution in [-0.4, -0.2) is 28.8 Å². The summed E-state index contributed by atoms with van der Waals surface area (Å²) in [5.41, 5.74) is 5.81. The van der Waals surface area contributed by atoms with Gasteiger partial charge in [0.05, 0.1) is 24.4 Å². The van der Waals surface area contributed by atoms with Crippen molar-refractivity contribution in [2.45, 2.75) is 32.4 Å². The molecule has 0 saturated carbocycles. The van der Waals surface area contributed by atoms with Gasteiger partial charge in [-0.25, -0.2) is 0 Å². The van der Waals surface area contributed by atoms with Crippen molar-refractivity contribution in [1.82, 2.24) is 4.98 Å². The van der Waals surface area contributed by atoms with E-state index in [0.717, 1.165) is 0 Å². The van der Waals surface area contributed by atoms with Crippen LogP contribution >= 0.6 is 0 Å². The number of nitrogen functional groups attached to an aromatic ring is 1. The Morgan fingerprint density at radius 2 is 2.12 bits per heavy atom. The Bertz CT molecular complexity index is 364.